The van der Waals surface area contributed by atoms with Crippen molar-refractivity contribution < 1.29 is 4.74 Å². The highest BCUT2D eigenvalue weighted by molar-refractivity contribution is 5.08. The second-order valence-corrected chi connectivity index (χ2v) is 7.20. The van der Waals surface area contributed by atoms with Crippen LogP contribution in [0.2, 0.25) is 0 Å². The van der Waals surface area contributed by atoms with Gasteiger partial charge >= 0.3 is 0 Å². The largest absolute Gasteiger partial charge is 0.375 e. The van der Waals surface area contributed by atoms with Gasteiger partial charge in [0, 0.05) is 12.6 Å². The monoisotopic (exact) mass is 277 g/mol. The van der Waals surface area contributed by atoms with Crippen molar-refractivity contribution in [1.82, 2.24) is 5.32 Å². The van der Waals surface area contributed by atoms with Crippen LogP contribution in [-0.4, -0.2) is 25.3 Å². The summed E-state index contributed by atoms with van der Waals surface area (Å²) in [6.07, 6.45) is 17.2. The van der Waals surface area contributed by atoms with Gasteiger partial charge in [-0.2, -0.15) is 0 Å². The number of nitrogens with one attached hydrogen (secondary N) is 1. The molecule has 0 radical (unpaired) electrons. The van der Waals surface area contributed by atoms with Gasteiger partial charge in [-0.15, -0.1) is 0 Å². The van der Waals surface area contributed by atoms with Crippen molar-refractivity contribution in [2.45, 2.75) is 82.3 Å². The van der Waals surface area contributed by atoms with Crippen LogP contribution in [0.3, 0.4) is 0 Å². The molecular weight excluding hydrogens is 246 g/mol. The fraction of sp³-hybridized carbons (Fsp3) is 0.889. The summed E-state index contributed by atoms with van der Waals surface area (Å²) in [6.45, 7) is 0.988. The average Bonchev–Trinajstić information content (AvgIpc) is 2.93. The van der Waals surface area contributed by atoms with Gasteiger partial charge < -0.3 is 10.1 Å². The predicted octanol–water partition coefficient (Wildman–Crippen LogP) is 4.20. The molecule has 3 aliphatic rings. The molecule has 1 saturated heterocycles. The standard InChI is InChI=1S/C18H31NO/c1-19-17(13-15-7-3-2-4-8-15)16-9-12-20-18(14-16)10-5-6-11-18/h7,16-17,19H,2-6,8-14H2,1H3. The molecule has 2 aliphatic carbocycles. The minimum absolute atomic E-state index is 0.263. The Morgan fingerprint density at radius 3 is 2.85 bits per heavy atom. The van der Waals surface area contributed by atoms with E-state index in [9.17, 15) is 0 Å². The first-order valence-electron chi connectivity index (χ1n) is 8.80. The van der Waals surface area contributed by atoms with Crippen LogP contribution in [0, 0.1) is 5.92 Å². The molecule has 1 heterocycles. The molecule has 1 N–H and O–H groups in total. The van der Waals surface area contributed by atoms with Crippen LogP contribution in [0.15, 0.2) is 11.6 Å². The zero-order chi connectivity index (χ0) is 13.8. The first-order valence-corrected chi connectivity index (χ1v) is 8.80. The van der Waals surface area contributed by atoms with E-state index in [-0.39, 0.29) is 5.60 Å². The fourth-order valence-corrected chi connectivity index (χ4v) is 4.65. The Hall–Kier alpha value is -0.340. The maximum absolute atomic E-state index is 6.20. The Morgan fingerprint density at radius 2 is 2.15 bits per heavy atom. The minimum atomic E-state index is 0.263. The Kier molecular flexibility index (Phi) is 4.83. The maximum Gasteiger partial charge on any atom is 0.0685 e. The van der Waals surface area contributed by atoms with E-state index in [1.54, 1.807) is 5.57 Å². The van der Waals surface area contributed by atoms with E-state index < -0.39 is 0 Å². The van der Waals surface area contributed by atoms with Crippen LogP contribution in [0.1, 0.15) is 70.6 Å². The van der Waals surface area contributed by atoms with Gasteiger partial charge in [0.25, 0.3) is 0 Å². The molecule has 2 fully saturated rings. The van der Waals surface area contributed by atoms with Crippen LogP contribution in [0.4, 0.5) is 0 Å². The molecule has 1 spiro atoms. The Morgan fingerprint density at radius 1 is 1.30 bits per heavy atom. The van der Waals surface area contributed by atoms with Crippen LogP contribution in [0.25, 0.3) is 0 Å². The molecule has 114 valence electrons. The number of allylic oxidation sites excluding steroid dienone is 1. The molecule has 2 atom stereocenters. The molecule has 0 aromatic heterocycles. The summed E-state index contributed by atoms with van der Waals surface area (Å²) in [5.74, 6) is 0.815. The Bertz CT molecular complexity index is 343. The van der Waals surface area contributed by atoms with Crippen LogP contribution in [-0.2, 0) is 4.74 Å². The van der Waals surface area contributed by atoms with Crippen molar-refractivity contribution in [3.8, 4) is 0 Å². The summed E-state index contributed by atoms with van der Waals surface area (Å²) < 4.78 is 6.20. The smallest absolute Gasteiger partial charge is 0.0685 e. The molecular formula is C18H31NO. The zero-order valence-electron chi connectivity index (χ0n) is 13.1. The number of hydrogen-bond acceptors (Lipinski definition) is 2. The molecule has 1 aliphatic heterocycles. The molecule has 2 unspecified atom stereocenters. The predicted molar refractivity (Wildman–Crippen MR) is 83.9 cm³/mol. The zero-order valence-corrected chi connectivity index (χ0v) is 13.1. The first kappa shape index (κ1) is 14.6. The van der Waals surface area contributed by atoms with Gasteiger partial charge in [0.1, 0.15) is 0 Å². The quantitative estimate of drug-likeness (QED) is 0.777. The summed E-state index contributed by atoms with van der Waals surface area (Å²) in [5, 5.41) is 3.63. The molecule has 1 saturated carbocycles. The van der Waals surface area contributed by atoms with Gasteiger partial charge in [0.05, 0.1) is 5.60 Å². The van der Waals surface area contributed by atoms with E-state index in [4.69, 9.17) is 4.74 Å². The van der Waals surface area contributed by atoms with Crippen molar-refractivity contribution in [2.24, 2.45) is 5.92 Å². The third-order valence-electron chi connectivity index (χ3n) is 5.85. The molecule has 0 aromatic carbocycles. The highest BCUT2D eigenvalue weighted by atomic mass is 16.5. The van der Waals surface area contributed by atoms with Gasteiger partial charge in [-0.1, -0.05) is 24.5 Å². The minimum Gasteiger partial charge on any atom is -0.375 e. The van der Waals surface area contributed by atoms with Crippen molar-refractivity contribution in [3.05, 3.63) is 11.6 Å². The topological polar surface area (TPSA) is 21.3 Å². The normalized spacial score (nSPS) is 31.2. The lowest BCUT2D eigenvalue weighted by Gasteiger charge is -2.41. The highest BCUT2D eigenvalue weighted by Crippen LogP contribution is 2.43. The van der Waals surface area contributed by atoms with Gasteiger partial charge in [0.2, 0.25) is 0 Å². The van der Waals surface area contributed by atoms with Crippen molar-refractivity contribution in [1.29, 1.82) is 0 Å². The van der Waals surface area contributed by atoms with E-state index in [1.165, 1.54) is 70.6 Å². The Labute approximate surface area is 124 Å². The van der Waals surface area contributed by atoms with E-state index >= 15 is 0 Å². The summed E-state index contributed by atoms with van der Waals surface area (Å²) in [7, 11) is 2.16. The van der Waals surface area contributed by atoms with Crippen molar-refractivity contribution in [3.63, 3.8) is 0 Å². The Balaban J connectivity index is 1.61. The number of rotatable bonds is 4. The molecule has 0 amide bonds. The van der Waals surface area contributed by atoms with Crippen molar-refractivity contribution in [2.75, 3.05) is 13.7 Å². The van der Waals surface area contributed by atoms with E-state index in [0.717, 1.165) is 12.5 Å². The van der Waals surface area contributed by atoms with Crippen LogP contribution >= 0.6 is 0 Å². The molecule has 0 aromatic rings. The second kappa shape index (κ2) is 6.62. The van der Waals surface area contributed by atoms with Crippen LogP contribution in [0.5, 0.6) is 0 Å². The average molecular weight is 277 g/mol. The fourth-order valence-electron chi connectivity index (χ4n) is 4.65. The maximum atomic E-state index is 6.20. The summed E-state index contributed by atoms with van der Waals surface area (Å²) in [5.41, 5.74) is 1.97. The molecule has 2 nitrogen and oxygen atoms in total. The number of hydrogen-bond donors (Lipinski definition) is 1. The SMILES string of the molecule is CNC(CC1=CCCCC1)C1CCOC2(CCCC2)C1. The van der Waals surface area contributed by atoms with E-state index in [0.29, 0.717) is 6.04 Å². The summed E-state index contributed by atoms with van der Waals surface area (Å²) in [6, 6.07) is 0.667. The third kappa shape index (κ3) is 3.28. The summed E-state index contributed by atoms with van der Waals surface area (Å²) >= 11 is 0. The van der Waals surface area contributed by atoms with Gasteiger partial charge in [0.15, 0.2) is 0 Å². The van der Waals surface area contributed by atoms with Crippen LogP contribution < -0.4 is 5.32 Å². The highest BCUT2D eigenvalue weighted by Gasteiger charge is 2.41. The third-order valence-corrected chi connectivity index (χ3v) is 5.85. The van der Waals surface area contributed by atoms with Gasteiger partial charge in [-0.05, 0) is 70.8 Å². The summed E-state index contributed by atoms with van der Waals surface area (Å²) in [4.78, 5) is 0. The van der Waals surface area contributed by atoms with E-state index in [1.807, 2.05) is 0 Å². The molecule has 2 heteroatoms. The lowest BCUT2D eigenvalue weighted by atomic mass is 9.78. The lowest BCUT2D eigenvalue weighted by molar-refractivity contribution is -0.0975. The van der Waals surface area contributed by atoms with Gasteiger partial charge in [-0.25, -0.2) is 0 Å². The number of ether oxygens (including phenoxy) is 1. The second-order valence-electron chi connectivity index (χ2n) is 7.20. The van der Waals surface area contributed by atoms with E-state index in [2.05, 4.69) is 18.4 Å². The molecule has 3 rings (SSSR count). The van der Waals surface area contributed by atoms with Crippen molar-refractivity contribution >= 4 is 0 Å². The van der Waals surface area contributed by atoms with Gasteiger partial charge in [-0.3, -0.25) is 0 Å². The lowest BCUT2D eigenvalue weighted by Crippen LogP contribution is -2.45. The molecule has 0 bridgehead atoms. The first-order chi connectivity index (χ1) is 9.81. The molecule has 20 heavy (non-hydrogen) atoms.